The normalized spacial score (nSPS) is 21.4. The minimum atomic E-state index is -3.00. The Morgan fingerprint density at radius 1 is 1.40 bits per heavy atom. The molecule has 1 heterocycles. The van der Waals surface area contributed by atoms with Crippen LogP contribution in [0.15, 0.2) is 24.3 Å². The van der Waals surface area contributed by atoms with Gasteiger partial charge in [-0.15, -0.1) is 0 Å². The molecule has 1 atom stereocenters. The number of Topliss-reactive ketones (excluding diaryl/α,β-unsaturated/α-hetero) is 1. The van der Waals surface area contributed by atoms with Crippen LogP contribution in [0.2, 0.25) is 0 Å². The van der Waals surface area contributed by atoms with Gasteiger partial charge in [0.05, 0.1) is 18.6 Å². The smallest absolute Gasteiger partial charge is 0.153 e. The van der Waals surface area contributed by atoms with Crippen molar-refractivity contribution in [2.75, 3.05) is 25.2 Å². The minimum Gasteiger partial charge on any atom is -0.496 e. The van der Waals surface area contributed by atoms with E-state index < -0.39 is 9.84 Å². The van der Waals surface area contributed by atoms with Gasteiger partial charge in [-0.2, -0.15) is 0 Å². The molecule has 0 aliphatic carbocycles. The summed E-state index contributed by atoms with van der Waals surface area (Å²) in [6.45, 7) is 0.426. The van der Waals surface area contributed by atoms with E-state index in [0.29, 0.717) is 12.3 Å². The molecule has 6 heteroatoms. The molecule has 0 spiro atoms. The van der Waals surface area contributed by atoms with E-state index in [1.54, 1.807) is 7.11 Å². The summed E-state index contributed by atoms with van der Waals surface area (Å²) < 4.78 is 28.3. The Morgan fingerprint density at radius 3 is 2.85 bits per heavy atom. The number of ketones is 1. The lowest BCUT2D eigenvalue weighted by atomic mass is 10.0. The maximum absolute atomic E-state index is 12.1. The first-order chi connectivity index (χ1) is 9.50. The molecule has 1 saturated heterocycles. The third-order valence-corrected chi connectivity index (χ3v) is 5.09. The Labute approximate surface area is 119 Å². The summed E-state index contributed by atoms with van der Waals surface area (Å²) in [7, 11) is -1.43. The maximum atomic E-state index is 12.1. The second-order valence-electron chi connectivity index (χ2n) is 5.00. The molecule has 0 saturated carbocycles. The van der Waals surface area contributed by atoms with Gasteiger partial charge in [-0.25, -0.2) is 8.42 Å². The third kappa shape index (κ3) is 4.05. The van der Waals surface area contributed by atoms with Crippen molar-refractivity contribution in [3.8, 4) is 5.75 Å². The van der Waals surface area contributed by atoms with Crippen LogP contribution in [0.3, 0.4) is 0 Å². The molecule has 0 bridgehead atoms. The molecule has 1 unspecified atom stereocenters. The molecule has 1 N–H and O–H groups in total. The molecular weight excluding hydrogens is 278 g/mol. The third-order valence-electron chi connectivity index (χ3n) is 3.36. The largest absolute Gasteiger partial charge is 0.496 e. The average molecular weight is 297 g/mol. The van der Waals surface area contributed by atoms with Gasteiger partial charge in [0.25, 0.3) is 0 Å². The molecule has 2 rings (SSSR count). The maximum Gasteiger partial charge on any atom is 0.153 e. The number of carbonyl (C=O) groups excluding carboxylic acids is 1. The molecule has 0 amide bonds. The van der Waals surface area contributed by atoms with Crippen molar-refractivity contribution >= 4 is 15.6 Å². The number of ether oxygens (including phenoxy) is 1. The van der Waals surface area contributed by atoms with Gasteiger partial charge in [0.2, 0.25) is 0 Å². The van der Waals surface area contributed by atoms with E-state index >= 15 is 0 Å². The minimum absolute atomic E-state index is 0.0177. The fourth-order valence-electron chi connectivity index (χ4n) is 2.41. The highest BCUT2D eigenvalue weighted by Gasteiger charge is 2.26. The summed E-state index contributed by atoms with van der Waals surface area (Å²) in [5.74, 6) is 0.906. The van der Waals surface area contributed by atoms with Crippen LogP contribution in [0.5, 0.6) is 5.75 Å². The van der Waals surface area contributed by atoms with Crippen LogP contribution in [0.1, 0.15) is 12.0 Å². The number of benzene rings is 1. The molecule has 1 aliphatic rings. The van der Waals surface area contributed by atoms with Gasteiger partial charge in [0, 0.05) is 31.0 Å². The molecule has 1 aromatic rings. The zero-order valence-corrected chi connectivity index (χ0v) is 12.3. The zero-order valence-electron chi connectivity index (χ0n) is 11.5. The summed E-state index contributed by atoms with van der Waals surface area (Å²) in [6.07, 6.45) is 0.500. The van der Waals surface area contributed by atoms with Gasteiger partial charge in [-0.05, 0) is 6.07 Å². The Balaban J connectivity index is 1.95. The fourth-order valence-corrected chi connectivity index (χ4v) is 3.85. The summed E-state index contributed by atoms with van der Waals surface area (Å²) in [4.78, 5) is 12.1. The number of nitrogens with one attached hydrogen (secondary N) is 1. The van der Waals surface area contributed by atoms with Gasteiger partial charge in [-0.1, -0.05) is 18.2 Å². The SMILES string of the molecule is COc1ccccc1CC(=O)CC1CS(=O)(=O)CCN1. The molecule has 1 fully saturated rings. The Morgan fingerprint density at radius 2 is 2.15 bits per heavy atom. The van der Waals surface area contributed by atoms with Crippen molar-refractivity contribution in [3.05, 3.63) is 29.8 Å². The van der Waals surface area contributed by atoms with Crippen LogP contribution in [0.25, 0.3) is 0 Å². The average Bonchev–Trinajstić information content (AvgIpc) is 2.38. The number of hydrogen-bond donors (Lipinski definition) is 1. The highest BCUT2D eigenvalue weighted by molar-refractivity contribution is 7.91. The molecule has 110 valence electrons. The van der Waals surface area contributed by atoms with Gasteiger partial charge in [0.15, 0.2) is 9.84 Å². The van der Waals surface area contributed by atoms with Gasteiger partial charge < -0.3 is 10.1 Å². The van der Waals surface area contributed by atoms with Crippen LogP contribution >= 0.6 is 0 Å². The number of para-hydroxylation sites is 1. The summed E-state index contributed by atoms with van der Waals surface area (Å²) in [5, 5.41) is 3.09. The first kappa shape index (κ1) is 15.0. The topological polar surface area (TPSA) is 72.5 Å². The lowest BCUT2D eigenvalue weighted by molar-refractivity contribution is -0.118. The summed E-state index contributed by atoms with van der Waals surface area (Å²) >= 11 is 0. The van der Waals surface area contributed by atoms with Crippen LogP contribution in [0, 0.1) is 0 Å². The quantitative estimate of drug-likeness (QED) is 0.861. The second-order valence-corrected chi connectivity index (χ2v) is 7.23. The van der Waals surface area contributed by atoms with E-state index in [-0.39, 0.29) is 36.2 Å². The lowest BCUT2D eigenvalue weighted by Gasteiger charge is -2.23. The Kier molecular flexibility index (Phi) is 4.77. The van der Waals surface area contributed by atoms with E-state index in [4.69, 9.17) is 4.74 Å². The number of rotatable bonds is 5. The molecule has 5 nitrogen and oxygen atoms in total. The van der Waals surface area contributed by atoms with E-state index in [0.717, 1.165) is 5.56 Å². The van der Waals surface area contributed by atoms with E-state index in [1.807, 2.05) is 24.3 Å². The van der Waals surface area contributed by atoms with E-state index in [2.05, 4.69) is 5.32 Å². The van der Waals surface area contributed by atoms with Crippen molar-refractivity contribution < 1.29 is 17.9 Å². The van der Waals surface area contributed by atoms with Crippen LogP contribution in [-0.2, 0) is 21.1 Å². The van der Waals surface area contributed by atoms with E-state index in [9.17, 15) is 13.2 Å². The zero-order chi connectivity index (χ0) is 14.6. The number of hydrogen-bond acceptors (Lipinski definition) is 5. The highest BCUT2D eigenvalue weighted by Crippen LogP contribution is 2.19. The lowest BCUT2D eigenvalue weighted by Crippen LogP contribution is -2.46. The van der Waals surface area contributed by atoms with Crippen molar-refractivity contribution in [3.63, 3.8) is 0 Å². The highest BCUT2D eigenvalue weighted by atomic mass is 32.2. The molecule has 20 heavy (non-hydrogen) atoms. The molecule has 1 aromatic carbocycles. The number of sulfone groups is 1. The van der Waals surface area contributed by atoms with Crippen molar-refractivity contribution in [1.82, 2.24) is 5.32 Å². The van der Waals surface area contributed by atoms with Crippen molar-refractivity contribution in [2.45, 2.75) is 18.9 Å². The van der Waals surface area contributed by atoms with E-state index in [1.165, 1.54) is 0 Å². The van der Waals surface area contributed by atoms with Gasteiger partial charge >= 0.3 is 0 Å². The van der Waals surface area contributed by atoms with Crippen molar-refractivity contribution in [1.29, 1.82) is 0 Å². The molecule has 0 aromatic heterocycles. The van der Waals surface area contributed by atoms with Crippen LogP contribution < -0.4 is 10.1 Å². The monoisotopic (exact) mass is 297 g/mol. The Bertz CT molecular complexity index is 583. The molecule has 1 aliphatic heterocycles. The Hall–Kier alpha value is -1.40. The predicted molar refractivity (Wildman–Crippen MR) is 76.8 cm³/mol. The standard InChI is InChI=1S/C14H19NO4S/c1-19-14-5-3-2-4-11(14)8-13(16)9-12-10-20(17,18)7-6-15-12/h2-5,12,15H,6-10H2,1H3. The van der Waals surface area contributed by atoms with Crippen molar-refractivity contribution in [2.24, 2.45) is 0 Å². The summed E-state index contributed by atoms with van der Waals surface area (Å²) in [5.41, 5.74) is 0.832. The summed E-state index contributed by atoms with van der Waals surface area (Å²) in [6, 6.07) is 7.10. The van der Waals surface area contributed by atoms with Gasteiger partial charge in [-0.3, -0.25) is 4.79 Å². The van der Waals surface area contributed by atoms with Crippen LogP contribution in [-0.4, -0.2) is 45.4 Å². The fraction of sp³-hybridized carbons (Fsp3) is 0.500. The van der Waals surface area contributed by atoms with Gasteiger partial charge in [0.1, 0.15) is 11.5 Å². The number of methoxy groups -OCH3 is 1. The first-order valence-electron chi connectivity index (χ1n) is 6.57. The predicted octanol–water partition coefficient (Wildman–Crippen LogP) is 0.583. The molecular formula is C14H19NO4S. The first-order valence-corrected chi connectivity index (χ1v) is 8.40. The molecule has 0 radical (unpaired) electrons. The number of carbonyl (C=O) groups is 1. The second kappa shape index (κ2) is 6.37. The van der Waals surface area contributed by atoms with Crippen LogP contribution in [0.4, 0.5) is 0 Å².